The number of hydroxylamine groups is 1. The number of carbonyl (C=O) groups excluding carboxylic acids is 1. The number of unbranched alkanes of at least 4 members (excludes halogenated alkanes) is 1. The summed E-state index contributed by atoms with van der Waals surface area (Å²) in [5, 5.41) is 8.45. The van der Waals surface area contributed by atoms with Crippen LogP contribution in [0.1, 0.15) is 33.1 Å². The second kappa shape index (κ2) is 5.38. The highest BCUT2D eigenvalue weighted by atomic mass is 16.5. The van der Waals surface area contributed by atoms with E-state index in [9.17, 15) is 4.79 Å². The molecule has 0 bridgehead atoms. The maximum Gasteiger partial charge on any atom is 0.148 e. The van der Waals surface area contributed by atoms with Crippen LogP contribution in [0.15, 0.2) is 0 Å². The fraction of sp³-hybridized carbons (Fsp3) is 0.857. The first-order chi connectivity index (χ1) is 4.72. The van der Waals surface area contributed by atoms with Crippen molar-refractivity contribution in [3.63, 3.8) is 0 Å². The van der Waals surface area contributed by atoms with Crippen molar-refractivity contribution in [3.8, 4) is 0 Å². The predicted octanol–water partition coefficient (Wildman–Crippen LogP) is 1.11. The average molecular weight is 145 g/mol. The summed E-state index contributed by atoms with van der Waals surface area (Å²) in [6.45, 7) is 3.53. The molecule has 3 nitrogen and oxygen atoms in total. The molecule has 0 aromatic rings. The molecule has 0 rings (SSSR count). The largest absolute Gasteiger partial charge is 0.316 e. The number of nitrogens with one attached hydrogen (secondary N) is 1. The number of hydrogen-bond donors (Lipinski definition) is 2. The summed E-state index contributed by atoms with van der Waals surface area (Å²) < 4.78 is 0. The van der Waals surface area contributed by atoms with Crippen LogP contribution in [0.3, 0.4) is 0 Å². The highest BCUT2D eigenvalue weighted by Crippen LogP contribution is 2.00. The van der Waals surface area contributed by atoms with Crippen LogP contribution >= 0.6 is 0 Å². The molecule has 0 heterocycles. The van der Waals surface area contributed by atoms with Crippen LogP contribution < -0.4 is 5.48 Å². The quantitative estimate of drug-likeness (QED) is 0.570. The van der Waals surface area contributed by atoms with Crippen LogP contribution in [0.5, 0.6) is 0 Å². The van der Waals surface area contributed by atoms with E-state index in [0.29, 0.717) is 0 Å². The molecule has 0 aliphatic rings. The van der Waals surface area contributed by atoms with Crippen molar-refractivity contribution in [2.75, 3.05) is 0 Å². The van der Waals surface area contributed by atoms with E-state index in [1.165, 1.54) is 6.92 Å². The third-order valence-corrected chi connectivity index (χ3v) is 1.49. The van der Waals surface area contributed by atoms with Gasteiger partial charge in [0.2, 0.25) is 0 Å². The predicted molar refractivity (Wildman–Crippen MR) is 38.9 cm³/mol. The van der Waals surface area contributed by atoms with Crippen molar-refractivity contribution in [2.45, 2.75) is 39.2 Å². The van der Waals surface area contributed by atoms with Gasteiger partial charge in [0, 0.05) is 0 Å². The van der Waals surface area contributed by atoms with Crippen molar-refractivity contribution in [1.29, 1.82) is 0 Å². The first-order valence-corrected chi connectivity index (χ1v) is 3.62. The van der Waals surface area contributed by atoms with Crippen molar-refractivity contribution >= 4 is 5.78 Å². The van der Waals surface area contributed by atoms with Crippen molar-refractivity contribution < 1.29 is 10.0 Å². The van der Waals surface area contributed by atoms with E-state index in [-0.39, 0.29) is 11.8 Å². The van der Waals surface area contributed by atoms with Gasteiger partial charge in [-0.2, -0.15) is 5.48 Å². The van der Waals surface area contributed by atoms with E-state index >= 15 is 0 Å². The lowest BCUT2D eigenvalue weighted by molar-refractivity contribution is -0.121. The van der Waals surface area contributed by atoms with Gasteiger partial charge in [0.25, 0.3) is 0 Å². The molecular formula is C7H15NO2. The van der Waals surface area contributed by atoms with E-state index in [1.807, 2.05) is 5.48 Å². The zero-order valence-corrected chi connectivity index (χ0v) is 6.55. The van der Waals surface area contributed by atoms with Gasteiger partial charge in [-0.05, 0) is 13.3 Å². The van der Waals surface area contributed by atoms with Gasteiger partial charge in [-0.15, -0.1) is 0 Å². The topological polar surface area (TPSA) is 49.3 Å². The number of hydrogen-bond acceptors (Lipinski definition) is 3. The molecule has 0 saturated heterocycles. The van der Waals surface area contributed by atoms with Gasteiger partial charge in [0.1, 0.15) is 5.78 Å². The van der Waals surface area contributed by atoms with Gasteiger partial charge in [-0.3, -0.25) is 4.79 Å². The summed E-state index contributed by atoms with van der Waals surface area (Å²) in [6, 6.07) is -0.361. The molecule has 0 fully saturated rings. The fourth-order valence-corrected chi connectivity index (χ4v) is 0.767. The summed E-state index contributed by atoms with van der Waals surface area (Å²) in [4.78, 5) is 10.7. The molecule has 2 N–H and O–H groups in total. The van der Waals surface area contributed by atoms with Crippen molar-refractivity contribution in [3.05, 3.63) is 0 Å². The highest BCUT2D eigenvalue weighted by Gasteiger charge is 2.10. The maximum atomic E-state index is 10.7. The monoisotopic (exact) mass is 145 g/mol. The van der Waals surface area contributed by atoms with Crippen molar-refractivity contribution in [1.82, 2.24) is 5.48 Å². The number of Topliss-reactive ketones (excluding diaryl/α,β-unsaturated/α-hetero) is 1. The normalized spacial score (nSPS) is 13.1. The fourth-order valence-electron chi connectivity index (χ4n) is 0.767. The van der Waals surface area contributed by atoms with Crippen LogP contribution in [0.2, 0.25) is 0 Å². The Morgan fingerprint density at radius 3 is 2.60 bits per heavy atom. The van der Waals surface area contributed by atoms with Gasteiger partial charge in [0.15, 0.2) is 0 Å². The van der Waals surface area contributed by atoms with Crippen LogP contribution in [0, 0.1) is 0 Å². The van der Waals surface area contributed by atoms with E-state index in [4.69, 9.17) is 5.21 Å². The molecule has 0 aliphatic heterocycles. The van der Waals surface area contributed by atoms with Gasteiger partial charge >= 0.3 is 0 Å². The molecule has 0 radical (unpaired) electrons. The first kappa shape index (κ1) is 9.59. The molecule has 10 heavy (non-hydrogen) atoms. The molecule has 1 unspecified atom stereocenters. The Morgan fingerprint density at radius 1 is 1.70 bits per heavy atom. The van der Waals surface area contributed by atoms with Gasteiger partial charge in [-0.25, -0.2) is 0 Å². The Morgan fingerprint density at radius 2 is 2.30 bits per heavy atom. The lowest BCUT2D eigenvalue weighted by Crippen LogP contribution is -2.32. The third kappa shape index (κ3) is 3.58. The van der Waals surface area contributed by atoms with Crippen LogP contribution in [0.25, 0.3) is 0 Å². The second-order valence-corrected chi connectivity index (χ2v) is 2.43. The molecule has 0 spiro atoms. The summed E-state index contributed by atoms with van der Waals surface area (Å²) in [5.74, 6) is -0.00375. The van der Waals surface area contributed by atoms with Crippen molar-refractivity contribution in [2.24, 2.45) is 0 Å². The van der Waals surface area contributed by atoms with Crippen LogP contribution in [0.4, 0.5) is 0 Å². The van der Waals surface area contributed by atoms with Gasteiger partial charge in [-0.1, -0.05) is 19.8 Å². The Labute approximate surface area is 61.4 Å². The zero-order chi connectivity index (χ0) is 7.98. The molecule has 0 aliphatic carbocycles. The van der Waals surface area contributed by atoms with Crippen LogP contribution in [-0.4, -0.2) is 17.0 Å². The molecule has 0 amide bonds. The summed E-state index contributed by atoms with van der Waals surface area (Å²) in [5.41, 5.74) is 1.99. The lowest BCUT2D eigenvalue weighted by Gasteiger charge is -2.09. The molecule has 60 valence electrons. The first-order valence-electron chi connectivity index (χ1n) is 3.62. The Kier molecular flexibility index (Phi) is 5.16. The molecule has 3 heteroatoms. The van der Waals surface area contributed by atoms with E-state index in [0.717, 1.165) is 19.3 Å². The summed E-state index contributed by atoms with van der Waals surface area (Å²) >= 11 is 0. The molecule has 0 aromatic carbocycles. The van der Waals surface area contributed by atoms with Crippen LogP contribution in [-0.2, 0) is 4.79 Å². The minimum atomic E-state index is -0.361. The summed E-state index contributed by atoms with van der Waals surface area (Å²) in [6.07, 6.45) is 2.74. The van der Waals surface area contributed by atoms with Gasteiger partial charge < -0.3 is 5.21 Å². The zero-order valence-electron chi connectivity index (χ0n) is 6.55. The maximum absolute atomic E-state index is 10.7. The molecular weight excluding hydrogens is 130 g/mol. The van der Waals surface area contributed by atoms with E-state index < -0.39 is 0 Å². The molecule has 1 atom stereocenters. The number of ketones is 1. The Balaban J connectivity index is 3.50. The van der Waals surface area contributed by atoms with E-state index in [2.05, 4.69) is 6.92 Å². The van der Waals surface area contributed by atoms with Gasteiger partial charge in [0.05, 0.1) is 6.04 Å². The number of carbonyl (C=O) groups is 1. The lowest BCUT2D eigenvalue weighted by atomic mass is 10.1. The average Bonchev–Trinajstić information content (AvgIpc) is 1.89. The van der Waals surface area contributed by atoms with E-state index in [1.54, 1.807) is 0 Å². The smallest absolute Gasteiger partial charge is 0.148 e. The third-order valence-electron chi connectivity index (χ3n) is 1.49. The Hall–Kier alpha value is -0.410. The standard InChI is InChI=1S/C7H15NO2/c1-3-4-5-7(8-10)6(2)9/h7-8,10H,3-5H2,1-2H3. The SMILES string of the molecule is CCCCC(NO)C(C)=O. The molecule has 0 aromatic heterocycles. The number of rotatable bonds is 5. The Bertz CT molecular complexity index is 104. The minimum absolute atomic E-state index is 0.00375. The molecule has 0 saturated carbocycles. The summed E-state index contributed by atoms with van der Waals surface area (Å²) in [7, 11) is 0. The second-order valence-electron chi connectivity index (χ2n) is 2.43. The highest BCUT2D eigenvalue weighted by molar-refractivity contribution is 5.81. The minimum Gasteiger partial charge on any atom is -0.316 e.